The number of rotatable bonds is 5. The lowest BCUT2D eigenvalue weighted by Crippen LogP contribution is -2.37. The van der Waals surface area contributed by atoms with Crippen LogP contribution in [0.1, 0.15) is 27.0 Å². The van der Waals surface area contributed by atoms with Gasteiger partial charge in [0.05, 0.1) is 10.5 Å². The molecule has 0 aliphatic carbocycles. The summed E-state index contributed by atoms with van der Waals surface area (Å²) in [6, 6.07) is 19.5. The van der Waals surface area contributed by atoms with Gasteiger partial charge in [-0.1, -0.05) is 42.5 Å². The predicted octanol–water partition coefficient (Wildman–Crippen LogP) is 2.71. The van der Waals surface area contributed by atoms with Gasteiger partial charge in [-0.05, 0) is 53.4 Å². The Morgan fingerprint density at radius 2 is 1.62 bits per heavy atom. The molecule has 0 aromatic heterocycles. The second-order valence-corrected chi connectivity index (χ2v) is 9.05. The lowest BCUT2D eigenvalue weighted by molar-refractivity contribution is -0.114. The number of carbonyl (C=O) groups is 2. The standard InChI is InChI=1S/C24H21N3O4S/c1-15-4-2-3-5-19(15)17-8-11-20-21(12-17)22(24(29)27-23(20)28)14-26-13-16-6-9-18(10-7-16)32(25,30)31/h2-12,14,26H,13H2,1H3,(H2,25,30,31)(H,27,28,29). The Hall–Kier alpha value is -3.75. The third-order valence-corrected chi connectivity index (χ3v) is 6.22. The topological polar surface area (TPSA) is 118 Å². The van der Waals surface area contributed by atoms with Crippen molar-refractivity contribution in [3.05, 3.63) is 95.2 Å². The van der Waals surface area contributed by atoms with Gasteiger partial charge in [0.15, 0.2) is 0 Å². The van der Waals surface area contributed by atoms with E-state index >= 15 is 0 Å². The second kappa shape index (κ2) is 8.41. The summed E-state index contributed by atoms with van der Waals surface area (Å²) >= 11 is 0. The van der Waals surface area contributed by atoms with Gasteiger partial charge in [-0.25, -0.2) is 13.6 Å². The van der Waals surface area contributed by atoms with Crippen molar-refractivity contribution in [3.63, 3.8) is 0 Å². The van der Waals surface area contributed by atoms with Gasteiger partial charge >= 0.3 is 0 Å². The van der Waals surface area contributed by atoms with Crippen molar-refractivity contribution < 1.29 is 18.0 Å². The first-order valence-corrected chi connectivity index (χ1v) is 11.4. The van der Waals surface area contributed by atoms with E-state index in [1.165, 1.54) is 12.1 Å². The minimum atomic E-state index is -3.75. The highest BCUT2D eigenvalue weighted by Crippen LogP contribution is 2.30. The Morgan fingerprint density at radius 1 is 0.906 bits per heavy atom. The molecular formula is C24H21N3O4S. The highest BCUT2D eigenvalue weighted by Gasteiger charge is 2.27. The summed E-state index contributed by atoms with van der Waals surface area (Å²) in [5, 5.41) is 10.5. The van der Waals surface area contributed by atoms with E-state index in [0.29, 0.717) is 23.2 Å². The third kappa shape index (κ3) is 4.32. The lowest BCUT2D eigenvalue weighted by atomic mass is 9.90. The smallest absolute Gasteiger partial charge is 0.260 e. The zero-order chi connectivity index (χ0) is 22.9. The molecule has 0 bridgehead atoms. The number of aryl methyl sites for hydroxylation is 1. The average Bonchev–Trinajstić information content (AvgIpc) is 2.75. The van der Waals surface area contributed by atoms with Crippen LogP contribution in [0, 0.1) is 6.92 Å². The van der Waals surface area contributed by atoms with Crippen molar-refractivity contribution in [1.29, 1.82) is 0 Å². The molecule has 162 valence electrons. The summed E-state index contributed by atoms with van der Waals surface area (Å²) in [4.78, 5) is 24.9. The predicted molar refractivity (Wildman–Crippen MR) is 122 cm³/mol. The van der Waals surface area contributed by atoms with E-state index in [2.05, 4.69) is 10.6 Å². The fraction of sp³-hybridized carbons (Fsp3) is 0.0833. The molecule has 1 heterocycles. The zero-order valence-electron chi connectivity index (χ0n) is 17.3. The molecule has 0 spiro atoms. The van der Waals surface area contributed by atoms with E-state index in [0.717, 1.165) is 22.3 Å². The van der Waals surface area contributed by atoms with Crippen molar-refractivity contribution in [2.45, 2.75) is 18.4 Å². The second-order valence-electron chi connectivity index (χ2n) is 7.49. The first-order valence-electron chi connectivity index (χ1n) is 9.85. The maximum atomic E-state index is 12.6. The molecule has 4 N–H and O–H groups in total. The van der Waals surface area contributed by atoms with Gasteiger partial charge < -0.3 is 5.32 Å². The summed E-state index contributed by atoms with van der Waals surface area (Å²) < 4.78 is 22.8. The third-order valence-electron chi connectivity index (χ3n) is 5.29. The van der Waals surface area contributed by atoms with E-state index in [-0.39, 0.29) is 4.90 Å². The molecule has 0 saturated carbocycles. The van der Waals surface area contributed by atoms with Crippen LogP contribution in [0.25, 0.3) is 16.7 Å². The maximum Gasteiger partial charge on any atom is 0.260 e. The molecule has 1 aliphatic heterocycles. The fourth-order valence-electron chi connectivity index (χ4n) is 3.60. The summed E-state index contributed by atoms with van der Waals surface area (Å²) in [5.41, 5.74) is 5.14. The van der Waals surface area contributed by atoms with E-state index in [4.69, 9.17) is 5.14 Å². The number of nitrogens with one attached hydrogen (secondary N) is 2. The number of fused-ring (bicyclic) bond motifs is 1. The number of carbonyl (C=O) groups excluding carboxylic acids is 2. The van der Waals surface area contributed by atoms with Gasteiger partial charge in [0.1, 0.15) is 0 Å². The molecule has 3 aromatic carbocycles. The van der Waals surface area contributed by atoms with E-state index in [9.17, 15) is 18.0 Å². The summed E-state index contributed by atoms with van der Waals surface area (Å²) in [6.45, 7) is 2.36. The molecule has 0 saturated heterocycles. The number of primary sulfonamides is 1. The Morgan fingerprint density at radius 3 is 2.31 bits per heavy atom. The quantitative estimate of drug-likeness (QED) is 0.411. The monoisotopic (exact) mass is 447 g/mol. The molecule has 0 atom stereocenters. The number of imide groups is 1. The Labute approximate surface area is 186 Å². The first kappa shape index (κ1) is 21.5. The van der Waals surface area contributed by atoms with Crippen LogP contribution >= 0.6 is 0 Å². The van der Waals surface area contributed by atoms with Crippen LogP contribution in [0.4, 0.5) is 0 Å². The van der Waals surface area contributed by atoms with Crippen molar-refractivity contribution in [1.82, 2.24) is 10.6 Å². The molecule has 0 unspecified atom stereocenters. The Bertz CT molecular complexity index is 1360. The highest BCUT2D eigenvalue weighted by atomic mass is 32.2. The van der Waals surface area contributed by atoms with Gasteiger partial charge in [0.2, 0.25) is 10.0 Å². The number of sulfonamides is 1. The summed E-state index contributed by atoms with van der Waals surface area (Å²) in [7, 11) is -3.75. The molecule has 7 nitrogen and oxygen atoms in total. The molecular weight excluding hydrogens is 426 g/mol. The van der Waals surface area contributed by atoms with Crippen LogP contribution in [0.2, 0.25) is 0 Å². The van der Waals surface area contributed by atoms with E-state index in [1.54, 1.807) is 24.4 Å². The van der Waals surface area contributed by atoms with Crippen LogP contribution in [0.5, 0.6) is 0 Å². The van der Waals surface area contributed by atoms with Crippen molar-refractivity contribution in [3.8, 4) is 11.1 Å². The number of amides is 2. The summed E-state index contributed by atoms with van der Waals surface area (Å²) in [6.07, 6.45) is 1.57. The summed E-state index contributed by atoms with van der Waals surface area (Å²) in [5.74, 6) is -0.918. The molecule has 3 aromatic rings. The van der Waals surface area contributed by atoms with Crippen LogP contribution in [0.15, 0.2) is 77.8 Å². The van der Waals surface area contributed by atoms with Crippen LogP contribution in [0.3, 0.4) is 0 Å². The van der Waals surface area contributed by atoms with Crippen molar-refractivity contribution >= 4 is 27.4 Å². The molecule has 2 amide bonds. The fourth-order valence-corrected chi connectivity index (χ4v) is 4.12. The minimum Gasteiger partial charge on any atom is -0.386 e. The van der Waals surface area contributed by atoms with Gasteiger partial charge in [-0.15, -0.1) is 0 Å². The van der Waals surface area contributed by atoms with Gasteiger partial charge in [-0.3, -0.25) is 14.9 Å². The van der Waals surface area contributed by atoms with Crippen LogP contribution in [-0.4, -0.2) is 20.2 Å². The van der Waals surface area contributed by atoms with Gasteiger partial charge in [-0.2, -0.15) is 0 Å². The van der Waals surface area contributed by atoms with Crippen molar-refractivity contribution in [2.75, 3.05) is 0 Å². The van der Waals surface area contributed by atoms with E-state index < -0.39 is 21.8 Å². The Kier molecular flexibility index (Phi) is 5.65. The van der Waals surface area contributed by atoms with E-state index in [1.807, 2.05) is 43.3 Å². The first-order chi connectivity index (χ1) is 15.2. The number of nitrogens with two attached hydrogens (primary N) is 1. The SMILES string of the molecule is Cc1ccccc1-c1ccc2c(c1)C(=CNCc1ccc(S(N)(=O)=O)cc1)C(=O)NC2=O. The number of benzene rings is 3. The van der Waals surface area contributed by atoms with Gasteiger partial charge in [0.25, 0.3) is 11.8 Å². The average molecular weight is 448 g/mol. The normalized spacial score (nSPS) is 14.8. The molecule has 32 heavy (non-hydrogen) atoms. The zero-order valence-corrected chi connectivity index (χ0v) is 18.1. The minimum absolute atomic E-state index is 0.0300. The molecule has 8 heteroatoms. The molecule has 0 fully saturated rings. The van der Waals surface area contributed by atoms with Gasteiger partial charge in [0, 0.05) is 23.9 Å². The lowest BCUT2D eigenvalue weighted by Gasteiger charge is -2.20. The van der Waals surface area contributed by atoms with Crippen LogP contribution < -0.4 is 15.8 Å². The van der Waals surface area contributed by atoms with Crippen LogP contribution in [-0.2, 0) is 21.4 Å². The number of hydrogen-bond acceptors (Lipinski definition) is 5. The van der Waals surface area contributed by atoms with Crippen molar-refractivity contribution in [2.24, 2.45) is 5.14 Å². The highest BCUT2D eigenvalue weighted by molar-refractivity contribution is 7.89. The number of hydrogen-bond donors (Lipinski definition) is 3. The Balaban J connectivity index is 1.63. The maximum absolute atomic E-state index is 12.6. The molecule has 4 rings (SSSR count). The molecule has 0 radical (unpaired) electrons. The largest absolute Gasteiger partial charge is 0.386 e. The molecule has 1 aliphatic rings.